The van der Waals surface area contributed by atoms with Crippen molar-refractivity contribution in [3.63, 3.8) is 0 Å². The number of methoxy groups -OCH3 is 3. The van der Waals surface area contributed by atoms with Crippen molar-refractivity contribution in [2.24, 2.45) is 11.8 Å². The number of ether oxygens (including phenoxy) is 5. The van der Waals surface area contributed by atoms with Gasteiger partial charge >= 0.3 is 5.97 Å². The molecule has 0 aromatic rings. The molecule has 4 aliphatic rings. The summed E-state index contributed by atoms with van der Waals surface area (Å²) in [5.41, 5.74) is 0.967. The summed E-state index contributed by atoms with van der Waals surface area (Å²) in [6.07, 6.45) is 10.5. The van der Waals surface area contributed by atoms with Gasteiger partial charge in [-0.3, -0.25) is 19.2 Å². The molecule has 1 unspecified atom stereocenters. The fourth-order valence-corrected chi connectivity index (χ4v) is 10.6. The number of ketones is 3. The molecule has 1 amide bonds. The molecule has 3 aliphatic heterocycles. The van der Waals surface area contributed by atoms with E-state index in [0.717, 1.165) is 4.90 Å². The number of fused-ring (bicyclic) bond motifs is 3. The van der Waals surface area contributed by atoms with E-state index in [9.17, 15) is 47.7 Å². The van der Waals surface area contributed by atoms with Crippen LogP contribution in [-0.2, 0) is 57.7 Å². The second-order valence-corrected chi connectivity index (χ2v) is 20.6. The number of rotatable bonds is 10. The fraction of sp³-hybridized carbons (Fsp3) is 0.735. The Kier molecular flexibility index (Phi) is 22.7. The molecule has 17 nitrogen and oxygen atoms in total. The lowest BCUT2D eigenvalue weighted by Gasteiger charge is -2.42. The molecule has 18 heteroatoms. The Morgan fingerprint density at radius 1 is 0.896 bits per heavy atom. The van der Waals surface area contributed by atoms with Crippen LogP contribution in [0.3, 0.4) is 0 Å². The van der Waals surface area contributed by atoms with Crippen LogP contribution in [0.4, 0.5) is 0 Å². The molecule has 0 aromatic carbocycles. The third-order valence-corrected chi connectivity index (χ3v) is 15.1. The minimum Gasteiger partial charge on any atom is -0.460 e. The quantitative estimate of drug-likeness (QED) is 0.137. The van der Waals surface area contributed by atoms with Crippen LogP contribution in [-0.4, -0.2) is 153 Å². The number of cyclic esters (lactones) is 1. The van der Waals surface area contributed by atoms with Gasteiger partial charge in [-0.15, -0.1) is 0 Å². The molecule has 4 rings (SSSR count). The van der Waals surface area contributed by atoms with Crippen LogP contribution in [0.5, 0.6) is 0 Å². The van der Waals surface area contributed by atoms with E-state index < -0.39 is 82.0 Å². The first-order chi connectivity index (χ1) is 31.8. The Morgan fingerprint density at radius 2 is 1.66 bits per heavy atom. The lowest BCUT2D eigenvalue weighted by atomic mass is 9.82. The maximum absolute atomic E-state index is 14.2. The zero-order valence-corrected chi connectivity index (χ0v) is 41.1. The van der Waals surface area contributed by atoms with Crippen molar-refractivity contribution in [1.82, 2.24) is 9.62 Å². The number of aliphatic hydroxyl groups excluding tert-OH is 2. The number of sulfonamides is 1. The highest BCUT2D eigenvalue weighted by molar-refractivity contribution is 7.89. The molecular weight excluding hydrogens is 889 g/mol. The van der Waals surface area contributed by atoms with Crippen molar-refractivity contribution in [2.75, 3.05) is 40.2 Å². The van der Waals surface area contributed by atoms with Crippen molar-refractivity contribution in [3.8, 4) is 0 Å². The number of allylic oxidation sites excluding steroid dienone is 6. The highest BCUT2D eigenvalue weighted by Crippen LogP contribution is 2.37. The number of esters is 1. The number of amides is 1. The maximum Gasteiger partial charge on any atom is 0.329 e. The number of carbonyl (C=O) groups is 5. The van der Waals surface area contributed by atoms with Gasteiger partial charge in [-0.1, -0.05) is 49.0 Å². The molecule has 2 saturated heterocycles. The summed E-state index contributed by atoms with van der Waals surface area (Å²) in [5, 5.41) is 33.5. The molecule has 67 heavy (non-hydrogen) atoms. The van der Waals surface area contributed by atoms with Gasteiger partial charge in [-0.2, -0.15) is 0 Å². The number of carbonyl (C=O) groups excluding carboxylic acids is 5. The molecule has 3 fully saturated rings. The first-order valence-corrected chi connectivity index (χ1v) is 25.6. The zero-order valence-electron chi connectivity index (χ0n) is 40.3. The lowest BCUT2D eigenvalue weighted by Crippen LogP contribution is -2.61. The molecule has 4 N–H and O–H groups in total. The Hall–Kier alpha value is -3.46. The lowest BCUT2D eigenvalue weighted by molar-refractivity contribution is -0.264. The zero-order chi connectivity index (χ0) is 49.3. The predicted molar refractivity (Wildman–Crippen MR) is 249 cm³/mol. The van der Waals surface area contributed by atoms with Gasteiger partial charge in [0.1, 0.15) is 30.1 Å². The highest BCUT2D eigenvalue weighted by Gasteiger charge is 2.53. The first-order valence-electron chi connectivity index (χ1n) is 23.9. The molecule has 0 spiro atoms. The minimum atomic E-state index is -3.87. The van der Waals surface area contributed by atoms with Crippen molar-refractivity contribution in [3.05, 3.63) is 47.6 Å². The molecule has 0 aromatic heterocycles. The Bertz CT molecular complexity index is 1920. The van der Waals surface area contributed by atoms with E-state index in [1.165, 1.54) is 20.3 Å². The van der Waals surface area contributed by atoms with Crippen molar-refractivity contribution in [1.29, 1.82) is 0 Å². The first kappa shape index (κ1) is 56.1. The van der Waals surface area contributed by atoms with Crippen LogP contribution in [0.2, 0.25) is 0 Å². The summed E-state index contributed by atoms with van der Waals surface area (Å²) >= 11 is 0. The minimum absolute atomic E-state index is 0.0152. The Balaban J connectivity index is 1.67. The third kappa shape index (κ3) is 16.6. The number of nitrogens with zero attached hydrogens (tertiary/aromatic N) is 1. The predicted octanol–water partition coefficient (Wildman–Crippen LogP) is 4.12. The van der Waals surface area contributed by atoms with E-state index in [-0.39, 0.29) is 87.4 Å². The molecule has 1 saturated carbocycles. The van der Waals surface area contributed by atoms with Crippen LogP contribution >= 0.6 is 0 Å². The van der Waals surface area contributed by atoms with E-state index in [4.69, 9.17) is 23.7 Å². The topological polar surface area (TPSA) is 242 Å². The molecule has 3 heterocycles. The number of Topliss-reactive ketones (excluding diaryl/α,β-unsaturated/α-hetero) is 3. The highest BCUT2D eigenvalue weighted by atomic mass is 32.2. The number of hydrogen-bond donors (Lipinski definition) is 4. The molecule has 11 atom stereocenters. The smallest absolute Gasteiger partial charge is 0.329 e. The van der Waals surface area contributed by atoms with Gasteiger partial charge in [-0.25, -0.2) is 17.9 Å². The molecular formula is C49H76N2O15S. The van der Waals surface area contributed by atoms with Gasteiger partial charge in [0.25, 0.3) is 11.7 Å². The molecule has 0 radical (unpaired) electrons. The SMILES string of the molecule is COCCS(=O)(=O)NC1C[C@@H]2CC[C@@H](C)[C@@](O)(O2)C(=O)C(=O)N2CCCC[C@H]2C(=O)O[C@H](CC[C@@H]2CC[C@@H](O)[C@H](OC)C2)CC(=O)C/C=C(\C)[C@@H](O)[C@@H](OC)C(=O)CCC/C=C/C=C/C=C/1C. The summed E-state index contributed by atoms with van der Waals surface area (Å²) in [4.78, 5) is 70.6. The second-order valence-electron chi connectivity index (χ2n) is 18.7. The number of aliphatic hydroxyl groups is 3. The van der Waals surface area contributed by atoms with E-state index in [0.29, 0.717) is 68.9 Å². The number of hydrogen-bond acceptors (Lipinski definition) is 15. The van der Waals surface area contributed by atoms with Gasteiger partial charge < -0.3 is 43.9 Å². The van der Waals surface area contributed by atoms with Crippen LogP contribution in [0, 0.1) is 11.8 Å². The average molecular weight is 965 g/mol. The second kappa shape index (κ2) is 27.1. The fourth-order valence-electron chi connectivity index (χ4n) is 9.35. The van der Waals surface area contributed by atoms with E-state index in [2.05, 4.69) is 4.72 Å². The third-order valence-electron chi connectivity index (χ3n) is 13.7. The number of nitrogens with one attached hydrogen (secondary N) is 1. The monoisotopic (exact) mass is 964 g/mol. The van der Waals surface area contributed by atoms with Gasteiger partial charge in [0.2, 0.25) is 15.8 Å². The summed E-state index contributed by atoms with van der Waals surface area (Å²) < 4.78 is 57.1. The van der Waals surface area contributed by atoms with Gasteiger partial charge in [0, 0.05) is 59.1 Å². The van der Waals surface area contributed by atoms with Gasteiger partial charge in [-0.05, 0) is 109 Å². The van der Waals surface area contributed by atoms with Crippen LogP contribution in [0.15, 0.2) is 47.6 Å². The van der Waals surface area contributed by atoms with Crippen molar-refractivity contribution >= 4 is 39.2 Å². The van der Waals surface area contributed by atoms with Gasteiger partial charge in [0.15, 0.2) is 5.78 Å². The Labute approximate surface area is 396 Å². The Morgan fingerprint density at radius 3 is 2.37 bits per heavy atom. The van der Waals surface area contributed by atoms with Crippen molar-refractivity contribution < 1.29 is 71.4 Å². The normalized spacial score (nSPS) is 36.0. The van der Waals surface area contributed by atoms with Crippen LogP contribution in [0.25, 0.3) is 0 Å². The largest absolute Gasteiger partial charge is 0.460 e. The van der Waals surface area contributed by atoms with E-state index in [1.54, 1.807) is 52.2 Å². The van der Waals surface area contributed by atoms with E-state index >= 15 is 0 Å². The van der Waals surface area contributed by atoms with E-state index in [1.807, 2.05) is 6.08 Å². The summed E-state index contributed by atoms with van der Waals surface area (Å²) in [7, 11) is 0.406. The van der Waals surface area contributed by atoms with Crippen molar-refractivity contribution in [2.45, 2.75) is 178 Å². The maximum atomic E-state index is 14.2. The number of piperidine rings is 1. The van der Waals surface area contributed by atoms with Crippen LogP contribution < -0.4 is 4.72 Å². The van der Waals surface area contributed by atoms with Crippen LogP contribution in [0.1, 0.15) is 124 Å². The summed E-state index contributed by atoms with van der Waals surface area (Å²) in [5.74, 6) is -7.35. The molecule has 378 valence electrons. The molecule has 1 aliphatic carbocycles. The average Bonchev–Trinajstić information content (AvgIpc) is 3.30. The molecule has 2 bridgehead atoms. The summed E-state index contributed by atoms with van der Waals surface area (Å²) in [6, 6.07) is -2.03. The standard InChI is InChI=1S/C49H76N2O15S/c1-32-15-11-9-7-8-10-12-17-42(54)45(64-6)44(55)33(2)18-22-36(52)30-37(24-20-35-21-25-41(53)43(29-35)63-5)65-48(58)40-16-13-14-26-51(40)47(57)46(56)49(59)34(3)19-23-38(66-49)31-39(32)50-67(60,61)28-27-62-4/h7-9,11,15,18,34-35,37-41,43-45,50,53,55,59H,10,12-14,16-17,19-31H2,1-6H3/b8-7+,11-9+,32-15+,33-18+/t34-,35-,37-,38+,39?,40+,41-,43-,44-,45+,49-/m1/s1. The summed E-state index contributed by atoms with van der Waals surface area (Å²) in [6.45, 7) is 4.91. The van der Waals surface area contributed by atoms with Gasteiger partial charge in [0.05, 0.1) is 30.7 Å².